The Balaban J connectivity index is 3.05. The summed E-state index contributed by atoms with van der Waals surface area (Å²) in [5, 5.41) is 0.0996. The standard InChI is InChI=1S/C9H9ClFIO/c1-5(2)13-8-4-6(12)3-7(10)9(8)11/h3-5H,1-2H3. The highest BCUT2D eigenvalue weighted by atomic mass is 127. The van der Waals surface area contributed by atoms with E-state index in [1.807, 2.05) is 13.8 Å². The van der Waals surface area contributed by atoms with Crippen LogP contribution in [0.5, 0.6) is 5.75 Å². The molecular formula is C9H9ClFIO. The average molecular weight is 315 g/mol. The van der Waals surface area contributed by atoms with Crippen molar-refractivity contribution >= 4 is 34.2 Å². The van der Waals surface area contributed by atoms with Crippen molar-refractivity contribution in [2.75, 3.05) is 0 Å². The van der Waals surface area contributed by atoms with Crippen molar-refractivity contribution in [2.45, 2.75) is 20.0 Å². The quantitative estimate of drug-likeness (QED) is 0.595. The molecule has 0 unspecified atom stereocenters. The zero-order valence-corrected chi connectivity index (χ0v) is 10.2. The highest BCUT2D eigenvalue weighted by Gasteiger charge is 2.10. The van der Waals surface area contributed by atoms with Gasteiger partial charge in [-0.25, -0.2) is 4.39 Å². The molecule has 0 radical (unpaired) electrons. The van der Waals surface area contributed by atoms with Crippen LogP contribution in [-0.4, -0.2) is 6.10 Å². The van der Waals surface area contributed by atoms with Gasteiger partial charge >= 0.3 is 0 Å². The SMILES string of the molecule is CC(C)Oc1cc(I)cc(Cl)c1F. The zero-order chi connectivity index (χ0) is 10.0. The first-order valence-corrected chi connectivity index (χ1v) is 5.27. The number of halogens is 3. The van der Waals surface area contributed by atoms with Gasteiger partial charge in [0.05, 0.1) is 11.1 Å². The van der Waals surface area contributed by atoms with Crippen LogP contribution in [0.4, 0.5) is 4.39 Å². The van der Waals surface area contributed by atoms with Crippen LogP contribution in [0.2, 0.25) is 5.02 Å². The van der Waals surface area contributed by atoms with Gasteiger partial charge in [0.1, 0.15) is 0 Å². The minimum Gasteiger partial charge on any atom is -0.488 e. The van der Waals surface area contributed by atoms with Crippen LogP contribution in [0.25, 0.3) is 0 Å². The number of rotatable bonds is 2. The summed E-state index contributed by atoms with van der Waals surface area (Å²) in [6, 6.07) is 3.19. The van der Waals surface area contributed by atoms with Crippen LogP contribution < -0.4 is 4.74 Å². The summed E-state index contributed by atoms with van der Waals surface area (Å²) in [6.45, 7) is 3.68. The molecule has 13 heavy (non-hydrogen) atoms. The van der Waals surface area contributed by atoms with Gasteiger partial charge in [-0.15, -0.1) is 0 Å². The van der Waals surface area contributed by atoms with Gasteiger partial charge in [0, 0.05) is 3.57 Å². The predicted molar refractivity (Wildman–Crippen MR) is 59.9 cm³/mol. The molecule has 0 aliphatic rings. The van der Waals surface area contributed by atoms with Crippen LogP contribution in [0.15, 0.2) is 12.1 Å². The summed E-state index contributed by atoms with van der Waals surface area (Å²) in [6.07, 6.45) is -0.0521. The van der Waals surface area contributed by atoms with Crippen molar-refractivity contribution in [3.05, 3.63) is 26.5 Å². The van der Waals surface area contributed by atoms with E-state index >= 15 is 0 Å². The fraction of sp³-hybridized carbons (Fsp3) is 0.333. The highest BCUT2D eigenvalue weighted by Crippen LogP contribution is 2.28. The summed E-state index contributed by atoms with van der Waals surface area (Å²) in [5.41, 5.74) is 0. The normalized spacial score (nSPS) is 10.6. The van der Waals surface area contributed by atoms with Gasteiger partial charge in [0.25, 0.3) is 0 Å². The van der Waals surface area contributed by atoms with Crippen molar-refractivity contribution in [3.63, 3.8) is 0 Å². The zero-order valence-electron chi connectivity index (χ0n) is 7.27. The number of hydrogen-bond acceptors (Lipinski definition) is 1. The largest absolute Gasteiger partial charge is 0.488 e. The molecule has 0 heterocycles. The van der Waals surface area contributed by atoms with Gasteiger partial charge in [0.15, 0.2) is 11.6 Å². The lowest BCUT2D eigenvalue weighted by Gasteiger charge is -2.11. The van der Waals surface area contributed by atoms with Gasteiger partial charge in [-0.05, 0) is 48.6 Å². The van der Waals surface area contributed by atoms with Crippen LogP contribution in [0.3, 0.4) is 0 Å². The van der Waals surface area contributed by atoms with Crippen LogP contribution in [-0.2, 0) is 0 Å². The van der Waals surface area contributed by atoms with E-state index in [0.29, 0.717) is 0 Å². The Morgan fingerprint density at radius 2 is 2.08 bits per heavy atom. The molecule has 72 valence electrons. The number of benzene rings is 1. The second-order valence-electron chi connectivity index (χ2n) is 2.87. The fourth-order valence-corrected chi connectivity index (χ4v) is 1.86. The summed E-state index contributed by atoms with van der Waals surface area (Å²) in [5.74, 6) is -0.275. The van der Waals surface area contributed by atoms with Crippen molar-refractivity contribution in [3.8, 4) is 5.75 Å². The van der Waals surface area contributed by atoms with Gasteiger partial charge in [-0.3, -0.25) is 0 Å². The van der Waals surface area contributed by atoms with E-state index in [2.05, 4.69) is 22.6 Å². The molecule has 1 rings (SSSR count). The van der Waals surface area contributed by atoms with E-state index in [-0.39, 0.29) is 16.9 Å². The second kappa shape index (κ2) is 4.46. The minimum atomic E-state index is -0.490. The van der Waals surface area contributed by atoms with Crippen LogP contribution in [0.1, 0.15) is 13.8 Å². The van der Waals surface area contributed by atoms with Gasteiger partial charge in [-0.1, -0.05) is 11.6 Å². The molecule has 0 atom stereocenters. The number of hydrogen-bond donors (Lipinski definition) is 0. The van der Waals surface area contributed by atoms with Crippen molar-refractivity contribution in [2.24, 2.45) is 0 Å². The Morgan fingerprint density at radius 3 is 2.62 bits per heavy atom. The second-order valence-corrected chi connectivity index (χ2v) is 4.52. The topological polar surface area (TPSA) is 9.23 Å². The molecule has 0 aliphatic carbocycles. The maximum atomic E-state index is 13.3. The van der Waals surface area contributed by atoms with E-state index in [9.17, 15) is 4.39 Å². The first-order chi connectivity index (χ1) is 6.00. The highest BCUT2D eigenvalue weighted by molar-refractivity contribution is 14.1. The minimum absolute atomic E-state index is 0.0521. The molecule has 1 aromatic rings. The molecule has 0 spiro atoms. The molecule has 0 N–H and O–H groups in total. The first-order valence-electron chi connectivity index (χ1n) is 3.82. The van der Waals surface area contributed by atoms with Gasteiger partial charge in [0.2, 0.25) is 0 Å². The molecule has 0 aromatic heterocycles. The number of ether oxygens (including phenoxy) is 1. The Kier molecular flexibility index (Phi) is 3.79. The summed E-state index contributed by atoms with van der Waals surface area (Å²) >= 11 is 7.71. The van der Waals surface area contributed by atoms with E-state index in [1.165, 1.54) is 0 Å². The molecule has 4 heteroatoms. The third-order valence-electron chi connectivity index (χ3n) is 1.32. The van der Waals surface area contributed by atoms with Crippen molar-refractivity contribution in [1.82, 2.24) is 0 Å². The summed E-state index contributed by atoms with van der Waals surface area (Å²) < 4.78 is 19.4. The van der Waals surface area contributed by atoms with Crippen LogP contribution in [0, 0.1) is 9.39 Å². The molecule has 0 aliphatic heterocycles. The van der Waals surface area contributed by atoms with Crippen molar-refractivity contribution < 1.29 is 9.13 Å². The lowest BCUT2D eigenvalue weighted by Crippen LogP contribution is -2.07. The monoisotopic (exact) mass is 314 g/mol. The van der Waals surface area contributed by atoms with E-state index in [0.717, 1.165) is 3.57 Å². The third-order valence-corrected chi connectivity index (χ3v) is 2.22. The third kappa shape index (κ3) is 2.98. The molecule has 0 fully saturated rings. The Morgan fingerprint density at radius 1 is 1.46 bits per heavy atom. The maximum Gasteiger partial charge on any atom is 0.183 e. The Hall–Kier alpha value is -0.0300. The lowest BCUT2D eigenvalue weighted by atomic mass is 10.3. The van der Waals surface area contributed by atoms with E-state index in [1.54, 1.807) is 12.1 Å². The molecule has 0 amide bonds. The maximum absolute atomic E-state index is 13.3. The van der Waals surface area contributed by atoms with Crippen LogP contribution >= 0.6 is 34.2 Å². The van der Waals surface area contributed by atoms with Crippen molar-refractivity contribution in [1.29, 1.82) is 0 Å². The summed E-state index contributed by atoms with van der Waals surface area (Å²) in [7, 11) is 0. The first kappa shape index (κ1) is 11.0. The molecular weight excluding hydrogens is 305 g/mol. The molecule has 1 aromatic carbocycles. The molecule has 0 saturated carbocycles. The summed E-state index contributed by atoms with van der Waals surface area (Å²) in [4.78, 5) is 0. The predicted octanol–water partition coefficient (Wildman–Crippen LogP) is 3.87. The van der Waals surface area contributed by atoms with Gasteiger partial charge < -0.3 is 4.74 Å². The Bertz CT molecular complexity index is 315. The lowest BCUT2D eigenvalue weighted by molar-refractivity contribution is 0.231. The Labute approximate surface area is 95.4 Å². The molecule has 0 saturated heterocycles. The van der Waals surface area contributed by atoms with E-state index in [4.69, 9.17) is 16.3 Å². The smallest absolute Gasteiger partial charge is 0.183 e. The van der Waals surface area contributed by atoms with E-state index < -0.39 is 5.82 Å². The molecule has 1 nitrogen and oxygen atoms in total. The average Bonchev–Trinajstić information content (AvgIpc) is 1.98. The molecule has 0 bridgehead atoms. The van der Waals surface area contributed by atoms with Gasteiger partial charge in [-0.2, -0.15) is 0 Å². The fourth-order valence-electron chi connectivity index (χ4n) is 0.872.